The molecule has 0 radical (unpaired) electrons. The first-order chi connectivity index (χ1) is 12.5. The number of piperidine rings is 1. The summed E-state index contributed by atoms with van der Waals surface area (Å²) >= 11 is 0. The van der Waals surface area contributed by atoms with Crippen LogP contribution in [0.3, 0.4) is 0 Å². The molecule has 6 nitrogen and oxygen atoms in total. The van der Waals surface area contributed by atoms with Crippen molar-refractivity contribution in [1.82, 2.24) is 14.2 Å². The summed E-state index contributed by atoms with van der Waals surface area (Å²) in [6.07, 6.45) is 2.89. The lowest BCUT2D eigenvalue weighted by molar-refractivity contribution is 0.0725. The molecule has 1 aliphatic heterocycles. The zero-order valence-electron chi connectivity index (χ0n) is 14.8. The average molecular weight is 373 g/mol. The van der Waals surface area contributed by atoms with Crippen molar-refractivity contribution in [3.8, 4) is 0 Å². The Hall–Kier alpha value is -2.25. The van der Waals surface area contributed by atoms with Crippen molar-refractivity contribution in [2.75, 3.05) is 20.1 Å². The summed E-state index contributed by atoms with van der Waals surface area (Å²) in [5, 5.41) is -0.586. The van der Waals surface area contributed by atoms with Crippen LogP contribution in [0.15, 0.2) is 54.7 Å². The van der Waals surface area contributed by atoms with Crippen LogP contribution in [0.1, 0.15) is 28.9 Å². The van der Waals surface area contributed by atoms with Gasteiger partial charge in [-0.1, -0.05) is 24.3 Å². The van der Waals surface area contributed by atoms with Gasteiger partial charge in [-0.2, -0.15) is 4.31 Å². The lowest BCUT2D eigenvalue weighted by Gasteiger charge is -2.34. The van der Waals surface area contributed by atoms with Crippen LogP contribution in [0.25, 0.3) is 0 Å². The Kier molecular flexibility index (Phi) is 5.68. The van der Waals surface area contributed by atoms with E-state index in [4.69, 9.17) is 0 Å². The van der Waals surface area contributed by atoms with Crippen molar-refractivity contribution in [3.05, 3.63) is 66.0 Å². The van der Waals surface area contributed by atoms with Crippen LogP contribution in [-0.2, 0) is 16.6 Å². The van der Waals surface area contributed by atoms with Gasteiger partial charge in [-0.3, -0.25) is 9.78 Å². The van der Waals surface area contributed by atoms with Gasteiger partial charge in [0.05, 0.1) is 17.5 Å². The van der Waals surface area contributed by atoms with Crippen LogP contribution in [0.2, 0.25) is 0 Å². The molecule has 1 aliphatic rings. The van der Waals surface area contributed by atoms with Crippen molar-refractivity contribution in [1.29, 1.82) is 0 Å². The van der Waals surface area contributed by atoms with Crippen molar-refractivity contribution in [2.24, 2.45) is 0 Å². The first-order valence-corrected chi connectivity index (χ1v) is 10.2. The van der Waals surface area contributed by atoms with Crippen LogP contribution >= 0.6 is 0 Å². The summed E-state index contributed by atoms with van der Waals surface area (Å²) in [6, 6.07) is 14.4. The van der Waals surface area contributed by atoms with Crippen molar-refractivity contribution < 1.29 is 13.2 Å². The maximum atomic E-state index is 13.0. The van der Waals surface area contributed by atoms with Crippen molar-refractivity contribution in [2.45, 2.75) is 24.6 Å². The Morgan fingerprint density at radius 2 is 1.92 bits per heavy atom. The maximum absolute atomic E-state index is 13.0. The molecule has 1 saturated heterocycles. The van der Waals surface area contributed by atoms with Crippen LogP contribution < -0.4 is 0 Å². The molecule has 3 rings (SSSR count). The summed E-state index contributed by atoms with van der Waals surface area (Å²) in [7, 11) is -1.94. The Bertz CT molecular complexity index is 841. The highest BCUT2D eigenvalue weighted by molar-refractivity contribution is 7.89. The molecule has 2 heterocycles. The molecule has 0 bridgehead atoms. The summed E-state index contributed by atoms with van der Waals surface area (Å²) in [4.78, 5) is 18.5. The largest absolute Gasteiger partial charge is 0.337 e. The van der Waals surface area contributed by atoms with Gasteiger partial charge in [0.1, 0.15) is 0 Å². The van der Waals surface area contributed by atoms with Gasteiger partial charge in [0.25, 0.3) is 5.91 Å². The van der Waals surface area contributed by atoms with Gasteiger partial charge in [-0.25, -0.2) is 8.42 Å². The van der Waals surface area contributed by atoms with Crippen molar-refractivity contribution >= 4 is 15.9 Å². The molecule has 0 spiro atoms. The van der Waals surface area contributed by atoms with Crippen LogP contribution in [0, 0.1) is 0 Å². The fourth-order valence-electron chi connectivity index (χ4n) is 3.19. The second-order valence-electron chi connectivity index (χ2n) is 6.50. The number of hydrogen-bond donors (Lipinski definition) is 0. The number of aromatic nitrogens is 1. The molecule has 0 N–H and O–H groups in total. The standard InChI is InChI=1S/C19H23N3O3S/c1-21(14-17-10-5-6-12-20-17)26(24,25)18-11-7-13-22(15-18)19(23)16-8-3-2-4-9-16/h2-6,8-10,12,18H,7,11,13-15H2,1H3/t18-/m1/s1. The number of sulfonamides is 1. The van der Waals surface area contributed by atoms with Crippen LogP contribution in [0.5, 0.6) is 0 Å². The number of rotatable bonds is 5. The number of hydrogen-bond acceptors (Lipinski definition) is 4. The lowest BCUT2D eigenvalue weighted by Crippen LogP contribution is -2.48. The molecule has 0 unspecified atom stereocenters. The number of nitrogens with zero attached hydrogens (tertiary/aromatic N) is 3. The third kappa shape index (κ3) is 4.11. The minimum Gasteiger partial charge on any atom is -0.337 e. The highest BCUT2D eigenvalue weighted by Crippen LogP contribution is 2.22. The molecule has 1 fully saturated rings. The van der Waals surface area contributed by atoms with E-state index in [2.05, 4.69) is 4.98 Å². The van der Waals surface area contributed by atoms with E-state index in [-0.39, 0.29) is 19.0 Å². The van der Waals surface area contributed by atoms with Crippen molar-refractivity contribution in [3.63, 3.8) is 0 Å². The van der Waals surface area contributed by atoms with E-state index < -0.39 is 15.3 Å². The Labute approximate surface area is 154 Å². The highest BCUT2D eigenvalue weighted by Gasteiger charge is 2.35. The third-order valence-electron chi connectivity index (χ3n) is 4.65. The minimum absolute atomic E-state index is 0.113. The summed E-state index contributed by atoms with van der Waals surface area (Å²) in [6.45, 7) is 1.04. The monoisotopic (exact) mass is 373 g/mol. The van der Waals surface area contributed by atoms with E-state index >= 15 is 0 Å². The summed E-state index contributed by atoms with van der Waals surface area (Å²) < 4.78 is 27.3. The molecule has 26 heavy (non-hydrogen) atoms. The zero-order chi connectivity index (χ0) is 18.6. The molecular formula is C19H23N3O3S. The van der Waals surface area contributed by atoms with Gasteiger partial charge in [0.2, 0.25) is 10.0 Å². The second kappa shape index (κ2) is 7.97. The topological polar surface area (TPSA) is 70.6 Å². The number of benzene rings is 1. The molecule has 138 valence electrons. The predicted octanol–water partition coefficient (Wildman–Crippen LogP) is 2.15. The summed E-state index contributed by atoms with van der Waals surface area (Å²) in [5.41, 5.74) is 1.29. The van der Waals surface area contributed by atoms with Crippen LogP contribution in [0.4, 0.5) is 0 Å². The van der Waals surface area contributed by atoms with E-state index in [0.717, 1.165) is 0 Å². The molecule has 1 aromatic heterocycles. The van der Waals surface area contributed by atoms with E-state index in [1.54, 1.807) is 42.4 Å². The average Bonchev–Trinajstić information content (AvgIpc) is 2.69. The first kappa shape index (κ1) is 18.5. The third-order valence-corrected chi connectivity index (χ3v) is 6.88. The first-order valence-electron chi connectivity index (χ1n) is 8.68. The van der Waals surface area contributed by atoms with E-state index in [1.807, 2.05) is 24.3 Å². The van der Waals surface area contributed by atoms with Gasteiger partial charge < -0.3 is 4.90 Å². The Morgan fingerprint density at radius 1 is 1.19 bits per heavy atom. The van der Waals surface area contributed by atoms with E-state index in [1.165, 1.54) is 4.31 Å². The van der Waals surface area contributed by atoms with Gasteiger partial charge in [0.15, 0.2) is 0 Å². The predicted molar refractivity (Wildman–Crippen MR) is 100.0 cm³/mol. The Balaban J connectivity index is 1.70. The zero-order valence-corrected chi connectivity index (χ0v) is 15.6. The number of carbonyl (C=O) groups excluding carboxylic acids is 1. The molecule has 1 atom stereocenters. The molecule has 0 aliphatic carbocycles. The molecule has 0 saturated carbocycles. The summed E-state index contributed by atoms with van der Waals surface area (Å²) in [5.74, 6) is -0.113. The molecular weight excluding hydrogens is 350 g/mol. The van der Waals surface area contributed by atoms with Gasteiger partial charge in [-0.05, 0) is 37.1 Å². The minimum atomic E-state index is -3.51. The number of likely N-dealkylation sites (tertiary alicyclic amines) is 1. The Morgan fingerprint density at radius 3 is 2.62 bits per heavy atom. The fraction of sp³-hybridized carbons (Fsp3) is 0.368. The quantitative estimate of drug-likeness (QED) is 0.805. The maximum Gasteiger partial charge on any atom is 0.253 e. The highest BCUT2D eigenvalue weighted by atomic mass is 32.2. The van der Waals surface area contributed by atoms with Gasteiger partial charge in [0, 0.05) is 31.9 Å². The van der Waals surface area contributed by atoms with E-state index in [0.29, 0.717) is 30.6 Å². The number of amides is 1. The fourth-order valence-corrected chi connectivity index (χ4v) is 4.85. The normalized spacial score (nSPS) is 18.1. The van der Waals surface area contributed by atoms with Crippen LogP contribution in [-0.4, -0.2) is 53.9 Å². The molecule has 1 amide bonds. The van der Waals surface area contributed by atoms with E-state index in [9.17, 15) is 13.2 Å². The molecule has 1 aromatic carbocycles. The smallest absolute Gasteiger partial charge is 0.253 e. The van der Waals surface area contributed by atoms with Gasteiger partial charge in [-0.15, -0.1) is 0 Å². The molecule has 7 heteroatoms. The number of carbonyl (C=O) groups is 1. The SMILES string of the molecule is CN(Cc1ccccn1)S(=O)(=O)[C@@H]1CCCN(C(=O)c2ccccc2)C1. The lowest BCUT2D eigenvalue weighted by atomic mass is 10.1. The van der Waals surface area contributed by atoms with Gasteiger partial charge >= 0.3 is 0 Å². The second-order valence-corrected chi connectivity index (χ2v) is 8.82. The number of pyridine rings is 1. The molecule has 2 aromatic rings.